The molecule has 0 radical (unpaired) electrons. The van der Waals surface area contributed by atoms with E-state index in [1.165, 1.54) is 6.21 Å². The highest BCUT2D eigenvalue weighted by molar-refractivity contribution is 5.92. The molecular weight excluding hydrogens is 362 g/mol. The number of anilines is 2. The Balaban J connectivity index is 1.63. The van der Waals surface area contributed by atoms with Gasteiger partial charge >= 0.3 is 0 Å². The Kier molecular flexibility index (Phi) is 5.44. The van der Waals surface area contributed by atoms with Gasteiger partial charge in [0.1, 0.15) is 17.3 Å². The molecular formula is C23H25N5O. The lowest BCUT2D eigenvalue weighted by atomic mass is 10.1. The van der Waals surface area contributed by atoms with Crippen LogP contribution in [0.5, 0.6) is 11.5 Å². The first-order valence-corrected chi connectivity index (χ1v) is 9.74. The van der Waals surface area contributed by atoms with Crippen LogP contribution in [0.4, 0.5) is 11.5 Å². The van der Waals surface area contributed by atoms with Gasteiger partial charge in [-0.25, -0.2) is 4.98 Å². The molecule has 2 aromatic carbocycles. The minimum Gasteiger partial charge on any atom is -0.457 e. The lowest BCUT2D eigenvalue weighted by Gasteiger charge is -2.20. The summed E-state index contributed by atoms with van der Waals surface area (Å²) < 4.78 is 5.87. The fourth-order valence-electron chi connectivity index (χ4n) is 3.57. The van der Waals surface area contributed by atoms with E-state index in [9.17, 15) is 0 Å². The third kappa shape index (κ3) is 4.07. The standard InChI is InChI=1S/C23H25N5O/c1-26-18-11-12-28(15-18)21-13-17(14-24)22(25)23(27-21)16-7-9-20(10-8-16)29-19-5-3-2-4-6-19/h2-10,13-14,18,24,26H,11-12,15,25H2,1H3. The lowest BCUT2D eigenvalue weighted by molar-refractivity contribution is 0.483. The summed E-state index contributed by atoms with van der Waals surface area (Å²) in [5.41, 5.74) is 9.13. The number of aromatic nitrogens is 1. The summed E-state index contributed by atoms with van der Waals surface area (Å²) in [6.07, 6.45) is 2.37. The Morgan fingerprint density at radius 3 is 2.52 bits per heavy atom. The van der Waals surface area contributed by atoms with Crippen molar-refractivity contribution in [3.8, 4) is 22.8 Å². The molecule has 1 saturated heterocycles. The largest absolute Gasteiger partial charge is 0.457 e. The zero-order valence-electron chi connectivity index (χ0n) is 16.4. The molecule has 29 heavy (non-hydrogen) atoms. The van der Waals surface area contributed by atoms with Crippen molar-refractivity contribution in [3.63, 3.8) is 0 Å². The summed E-state index contributed by atoms with van der Waals surface area (Å²) in [4.78, 5) is 7.08. The number of benzene rings is 2. The first kappa shape index (κ1) is 19.0. The average Bonchev–Trinajstić information content (AvgIpc) is 3.25. The van der Waals surface area contributed by atoms with Crippen molar-refractivity contribution in [2.45, 2.75) is 12.5 Å². The Bertz CT molecular complexity index is 988. The van der Waals surface area contributed by atoms with E-state index in [-0.39, 0.29) is 0 Å². The minimum atomic E-state index is 0.454. The number of rotatable bonds is 6. The molecule has 1 unspecified atom stereocenters. The van der Waals surface area contributed by atoms with E-state index in [0.29, 0.717) is 23.0 Å². The lowest BCUT2D eigenvalue weighted by Crippen LogP contribution is -2.30. The zero-order chi connectivity index (χ0) is 20.2. The van der Waals surface area contributed by atoms with E-state index in [1.807, 2.05) is 67.7 Å². The van der Waals surface area contributed by atoms with E-state index < -0.39 is 0 Å². The number of hydrogen-bond donors (Lipinski definition) is 3. The summed E-state index contributed by atoms with van der Waals surface area (Å²) in [6, 6.07) is 19.8. The normalized spacial score (nSPS) is 16.0. The molecule has 3 aromatic rings. The molecule has 4 rings (SSSR count). The van der Waals surface area contributed by atoms with Crippen molar-refractivity contribution in [2.24, 2.45) is 0 Å². The van der Waals surface area contributed by atoms with Crippen LogP contribution in [0.3, 0.4) is 0 Å². The predicted molar refractivity (Wildman–Crippen MR) is 118 cm³/mol. The molecule has 0 spiro atoms. The summed E-state index contributed by atoms with van der Waals surface area (Å²) >= 11 is 0. The molecule has 4 N–H and O–H groups in total. The number of ether oxygens (including phenoxy) is 1. The number of nitrogens with one attached hydrogen (secondary N) is 2. The Hall–Kier alpha value is -3.38. The number of para-hydroxylation sites is 1. The quantitative estimate of drug-likeness (QED) is 0.558. The minimum absolute atomic E-state index is 0.454. The second-order valence-electron chi connectivity index (χ2n) is 7.14. The SMILES string of the molecule is CNC1CCN(c2cc(C=N)c(N)c(-c3ccc(Oc4ccccc4)cc3)n2)C1. The highest BCUT2D eigenvalue weighted by Crippen LogP contribution is 2.32. The van der Waals surface area contributed by atoms with Crippen LogP contribution in [-0.2, 0) is 0 Å². The number of hydrogen-bond acceptors (Lipinski definition) is 6. The molecule has 1 fully saturated rings. The Labute approximate surface area is 170 Å². The summed E-state index contributed by atoms with van der Waals surface area (Å²) in [6.45, 7) is 1.83. The first-order valence-electron chi connectivity index (χ1n) is 9.74. The van der Waals surface area contributed by atoms with Crippen LogP contribution in [0.25, 0.3) is 11.3 Å². The number of nitrogens with zero attached hydrogens (tertiary/aromatic N) is 2. The maximum Gasteiger partial charge on any atom is 0.130 e. The van der Waals surface area contributed by atoms with Crippen molar-refractivity contribution in [1.29, 1.82) is 5.41 Å². The van der Waals surface area contributed by atoms with Crippen LogP contribution in [0.15, 0.2) is 60.7 Å². The van der Waals surface area contributed by atoms with Crippen LogP contribution < -0.4 is 20.7 Å². The van der Waals surface area contributed by atoms with E-state index >= 15 is 0 Å². The van der Waals surface area contributed by atoms with Gasteiger partial charge in [0.25, 0.3) is 0 Å². The average molecular weight is 387 g/mol. The fraction of sp³-hybridized carbons (Fsp3) is 0.217. The zero-order valence-corrected chi connectivity index (χ0v) is 16.4. The molecule has 0 amide bonds. The van der Waals surface area contributed by atoms with Gasteiger partial charge in [0.05, 0.1) is 11.4 Å². The highest BCUT2D eigenvalue weighted by atomic mass is 16.5. The van der Waals surface area contributed by atoms with Gasteiger partial charge < -0.3 is 26.1 Å². The maximum absolute atomic E-state index is 7.76. The number of nitrogens with two attached hydrogens (primary N) is 1. The van der Waals surface area contributed by atoms with Crippen LogP contribution in [0, 0.1) is 5.41 Å². The van der Waals surface area contributed by atoms with Gasteiger partial charge in [-0.1, -0.05) is 18.2 Å². The number of nitrogen functional groups attached to an aromatic ring is 1. The van der Waals surface area contributed by atoms with Crippen LogP contribution in [0.2, 0.25) is 0 Å². The molecule has 2 heterocycles. The van der Waals surface area contributed by atoms with Gasteiger partial charge in [-0.3, -0.25) is 0 Å². The monoisotopic (exact) mass is 387 g/mol. The van der Waals surface area contributed by atoms with Gasteiger partial charge in [-0.15, -0.1) is 0 Å². The topological polar surface area (TPSA) is 87.3 Å². The Morgan fingerprint density at radius 2 is 1.86 bits per heavy atom. The second-order valence-corrected chi connectivity index (χ2v) is 7.14. The van der Waals surface area contributed by atoms with Gasteiger partial charge in [0.2, 0.25) is 0 Å². The molecule has 1 aromatic heterocycles. The molecule has 1 aliphatic heterocycles. The maximum atomic E-state index is 7.76. The van der Waals surface area contributed by atoms with E-state index in [4.69, 9.17) is 20.9 Å². The molecule has 148 valence electrons. The molecule has 0 bridgehead atoms. The molecule has 6 heteroatoms. The second kappa shape index (κ2) is 8.32. The smallest absolute Gasteiger partial charge is 0.130 e. The van der Waals surface area contributed by atoms with Crippen LogP contribution in [0.1, 0.15) is 12.0 Å². The van der Waals surface area contributed by atoms with E-state index in [0.717, 1.165) is 42.4 Å². The van der Waals surface area contributed by atoms with Gasteiger partial charge in [0, 0.05) is 36.5 Å². The fourth-order valence-corrected chi connectivity index (χ4v) is 3.57. The summed E-state index contributed by atoms with van der Waals surface area (Å²) in [7, 11) is 1.98. The van der Waals surface area contributed by atoms with Crippen molar-refractivity contribution < 1.29 is 4.74 Å². The van der Waals surface area contributed by atoms with Crippen LogP contribution >= 0.6 is 0 Å². The molecule has 1 aliphatic rings. The molecule has 0 aliphatic carbocycles. The van der Waals surface area contributed by atoms with Gasteiger partial charge in [0.15, 0.2) is 0 Å². The van der Waals surface area contributed by atoms with Crippen molar-refractivity contribution in [3.05, 3.63) is 66.2 Å². The number of pyridine rings is 1. The third-order valence-corrected chi connectivity index (χ3v) is 5.26. The summed E-state index contributed by atoms with van der Waals surface area (Å²) in [5.74, 6) is 2.40. The summed E-state index contributed by atoms with van der Waals surface area (Å²) in [5, 5.41) is 11.1. The first-order chi connectivity index (χ1) is 14.2. The third-order valence-electron chi connectivity index (χ3n) is 5.26. The Morgan fingerprint density at radius 1 is 1.14 bits per heavy atom. The molecule has 0 saturated carbocycles. The highest BCUT2D eigenvalue weighted by Gasteiger charge is 2.23. The van der Waals surface area contributed by atoms with Crippen molar-refractivity contribution >= 4 is 17.7 Å². The number of likely N-dealkylation sites (N-methyl/N-ethyl adjacent to an activating group) is 1. The molecule has 6 nitrogen and oxygen atoms in total. The van der Waals surface area contributed by atoms with Crippen molar-refractivity contribution in [1.82, 2.24) is 10.3 Å². The molecule has 1 atom stereocenters. The van der Waals surface area contributed by atoms with Crippen molar-refractivity contribution in [2.75, 3.05) is 30.8 Å². The van der Waals surface area contributed by atoms with E-state index in [1.54, 1.807) is 0 Å². The van der Waals surface area contributed by atoms with Crippen LogP contribution in [-0.4, -0.2) is 37.4 Å². The van der Waals surface area contributed by atoms with Gasteiger partial charge in [-0.05, 0) is 55.9 Å². The van der Waals surface area contributed by atoms with Gasteiger partial charge in [-0.2, -0.15) is 0 Å². The van der Waals surface area contributed by atoms with E-state index in [2.05, 4.69) is 10.2 Å². The predicted octanol–water partition coefficient (Wildman–Crippen LogP) is 3.92.